The van der Waals surface area contributed by atoms with Gasteiger partial charge in [-0.2, -0.15) is 0 Å². The fourth-order valence-electron chi connectivity index (χ4n) is 3.67. The van der Waals surface area contributed by atoms with Crippen LogP contribution in [0.5, 0.6) is 0 Å². The van der Waals surface area contributed by atoms with Crippen molar-refractivity contribution < 1.29 is 36.4 Å². The molecule has 0 saturated heterocycles. The highest BCUT2D eigenvalue weighted by atomic mass is 79.9. The number of carbonyl (C=O) groups excluding carboxylic acids is 1. The van der Waals surface area contributed by atoms with E-state index in [0.717, 1.165) is 0 Å². The highest BCUT2D eigenvalue weighted by Crippen LogP contribution is 2.54. The quantitative estimate of drug-likeness (QED) is 0.286. The predicted molar refractivity (Wildman–Crippen MR) is 126 cm³/mol. The maximum absolute atomic E-state index is 12.3. The number of halogens is 1. The van der Waals surface area contributed by atoms with E-state index in [2.05, 4.69) is 36.4 Å². The molecule has 0 aromatic heterocycles. The van der Waals surface area contributed by atoms with Gasteiger partial charge in [0.05, 0.1) is 0 Å². The Balaban J connectivity index is 0.00000363. The van der Waals surface area contributed by atoms with Crippen molar-refractivity contribution in [2.45, 2.75) is 18.9 Å². The predicted octanol–water partition coefficient (Wildman–Crippen LogP) is -0.280. The van der Waals surface area contributed by atoms with Crippen molar-refractivity contribution in [2.24, 2.45) is 5.73 Å². The molecular formula is C25H27BrNO4P. The molecule has 1 atom stereocenters. The molecule has 0 unspecified atom stereocenters. The monoisotopic (exact) mass is 515 g/mol. The number of rotatable bonds is 10. The summed E-state index contributed by atoms with van der Waals surface area (Å²) in [4.78, 5) is 23.1. The van der Waals surface area contributed by atoms with Crippen molar-refractivity contribution in [2.75, 3.05) is 12.8 Å². The molecule has 0 saturated carbocycles. The maximum Gasteiger partial charge on any atom is 0.323 e. The summed E-state index contributed by atoms with van der Waals surface area (Å²) < 4.78 is 5.53. The van der Waals surface area contributed by atoms with Gasteiger partial charge in [-0.1, -0.05) is 54.6 Å². The van der Waals surface area contributed by atoms with Crippen LogP contribution in [0.2, 0.25) is 0 Å². The standard InChI is InChI=1S/C25H26NO4P.BrH/c26-23(16-17-24(27)28)25(29)30-18-19-31(20-10-4-1-5-11-20,21-12-6-2-7-13-21)22-14-8-3-9-15-22;/h1-15,23H,16-19,26H2;1H/t23-;/m0./s1. The van der Waals surface area contributed by atoms with Gasteiger partial charge >= 0.3 is 11.9 Å². The molecule has 0 aliphatic carbocycles. The van der Waals surface area contributed by atoms with Crippen LogP contribution in [-0.4, -0.2) is 35.9 Å². The van der Waals surface area contributed by atoms with Crippen LogP contribution < -0.4 is 38.6 Å². The first-order valence-corrected chi connectivity index (χ1v) is 12.2. The summed E-state index contributed by atoms with van der Waals surface area (Å²) in [6.45, 7) is 0.200. The van der Waals surface area contributed by atoms with E-state index in [0.29, 0.717) is 6.16 Å². The Morgan fingerprint density at radius 3 is 1.59 bits per heavy atom. The largest absolute Gasteiger partial charge is 1.00 e. The summed E-state index contributed by atoms with van der Waals surface area (Å²) >= 11 is 0. The Morgan fingerprint density at radius 1 is 0.812 bits per heavy atom. The van der Waals surface area contributed by atoms with Gasteiger partial charge in [0.1, 0.15) is 42.0 Å². The lowest BCUT2D eigenvalue weighted by Gasteiger charge is -2.27. The summed E-state index contributed by atoms with van der Waals surface area (Å²) in [5.74, 6) is -1.54. The minimum Gasteiger partial charge on any atom is -1.00 e. The summed E-state index contributed by atoms with van der Waals surface area (Å²) in [7, 11) is -2.08. The minimum absolute atomic E-state index is 0. The molecule has 5 nitrogen and oxygen atoms in total. The molecule has 7 heteroatoms. The van der Waals surface area contributed by atoms with Crippen LogP contribution in [0.4, 0.5) is 0 Å². The average Bonchev–Trinajstić information content (AvgIpc) is 2.82. The van der Waals surface area contributed by atoms with Gasteiger partial charge in [-0.3, -0.25) is 9.59 Å². The van der Waals surface area contributed by atoms with Crippen LogP contribution in [0.15, 0.2) is 91.0 Å². The second kappa shape index (κ2) is 12.5. The molecule has 3 aromatic carbocycles. The first-order chi connectivity index (χ1) is 15.0. The lowest BCUT2D eigenvalue weighted by Crippen LogP contribution is -3.00. The number of benzene rings is 3. The number of carboxylic acids is 1. The summed E-state index contributed by atoms with van der Waals surface area (Å²) in [6, 6.07) is 30.0. The topological polar surface area (TPSA) is 89.6 Å². The highest BCUT2D eigenvalue weighted by molar-refractivity contribution is 7.95. The smallest absolute Gasteiger partial charge is 0.323 e. The number of hydrogen-bond donors (Lipinski definition) is 2. The number of carboxylic acid groups (broad SMARTS) is 1. The third-order valence-corrected chi connectivity index (χ3v) is 9.63. The Morgan fingerprint density at radius 2 is 1.22 bits per heavy atom. The number of esters is 1. The molecule has 3 rings (SSSR count). The van der Waals surface area contributed by atoms with Gasteiger partial charge in [0, 0.05) is 6.42 Å². The molecule has 0 heterocycles. The fourth-order valence-corrected chi connectivity index (χ4v) is 7.75. The Bertz CT molecular complexity index is 890. The van der Waals surface area contributed by atoms with Crippen LogP contribution >= 0.6 is 7.26 Å². The van der Waals surface area contributed by atoms with Crippen LogP contribution in [0.1, 0.15) is 12.8 Å². The second-order valence-electron chi connectivity index (χ2n) is 7.25. The van der Waals surface area contributed by atoms with Crippen molar-refractivity contribution in [1.29, 1.82) is 0 Å². The molecule has 0 aliphatic rings. The number of nitrogens with two attached hydrogens (primary N) is 1. The molecule has 0 amide bonds. The van der Waals surface area contributed by atoms with Gasteiger partial charge in [0.2, 0.25) is 0 Å². The summed E-state index contributed by atoms with van der Waals surface area (Å²) in [5.41, 5.74) is 5.82. The van der Waals surface area contributed by atoms with Crippen LogP contribution in [0, 0.1) is 0 Å². The van der Waals surface area contributed by atoms with Crippen molar-refractivity contribution in [3.63, 3.8) is 0 Å². The lowest BCUT2D eigenvalue weighted by molar-refractivity contribution is -0.145. The van der Waals surface area contributed by atoms with E-state index in [1.165, 1.54) is 15.9 Å². The van der Waals surface area contributed by atoms with Crippen molar-refractivity contribution in [3.05, 3.63) is 91.0 Å². The van der Waals surface area contributed by atoms with Crippen molar-refractivity contribution in [3.8, 4) is 0 Å². The number of hydrogen-bond acceptors (Lipinski definition) is 4. The van der Waals surface area contributed by atoms with Gasteiger partial charge in [0.25, 0.3) is 0 Å². The normalized spacial score (nSPS) is 11.8. The van der Waals surface area contributed by atoms with E-state index < -0.39 is 25.2 Å². The molecule has 0 spiro atoms. The van der Waals surface area contributed by atoms with Gasteiger partial charge in [0.15, 0.2) is 0 Å². The van der Waals surface area contributed by atoms with Crippen LogP contribution in [-0.2, 0) is 14.3 Å². The van der Waals surface area contributed by atoms with Crippen molar-refractivity contribution in [1.82, 2.24) is 0 Å². The molecule has 0 radical (unpaired) electrons. The maximum atomic E-state index is 12.3. The van der Waals surface area contributed by atoms with E-state index in [1.807, 2.05) is 54.6 Å². The molecule has 0 bridgehead atoms. The van der Waals surface area contributed by atoms with Crippen molar-refractivity contribution >= 4 is 35.1 Å². The molecule has 0 aliphatic heterocycles. The van der Waals surface area contributed by atoms with E-state index in [4.69, 9.17) is 15.6 Å². The van der Waals surface area contributed by atoms with Crippen LogP contribution in [0.3, 0.4) is 0 Å². The zero-order valence-corrected chi connectivity index (χ0v) is 20.1. The Kier molecular flexibility index (Phi) is 10.0. The first-order valence-electron chi connectivity index (χ1n) is 10.2. The van der Waals surface area contributed by atoms with Crippen LogP contribution in [0.25, 0.3) is 0 Å². The summed E-state index contributed by atoms with van der Waals surface area (Å²) in [6.07, 6.45) is 0.526. The molecule has 0 fully saturated rings. The third-order valence-electron chi connectivity index (χ3n) is 5.23. The number of aliphatic carboxylic acids is 1. The van der Waals surface area contributed by atoms with E-state index in [1.54, 1.807) is 0 Å². The van der Waals surface area contributed by atoms with E-state index in [9.17, 15) is 9.59 Å². The molecular weight excluding hydrogens is 489 g/mol. The molecule has 32 heavy (non-hydrogen) atoms. The molecule has 3 aromatic rings. The average molecular weight is 516 g/mol. The Labute approximate surface area is 199 Å². The van der Waals surface area contributed by atoms with Gasteiger partial charge in [-0.05, 0) is 42.8 Å². The summed E-state index contributed by atoms with van der Waals surface area (Å²) in [5, 5.41) is 12.4. The lowest BCUT2D eigenvalue weighted by atomic mass is 10.2. The Hall–Kier alpha value is -2.53. The third kappa shape index (κ3) is 6.26. The van der Waals surface area contributed by atoms with Gasteiger partial charge in [-0.25, -0.2) is 0 Å². The zero-order chi connectivity index (χ0) is 22.1. The highest BCUT2D eigenvalue weighted by Gasteiger charge is 2.45. The minimum atomic E-state index is -2.08. The van der Waals surface area contributed by atoms with E-state index >= 15 is 0 Å². The first kappa shape index (κ1) is 25.7. The van der Waals surface area contributed by atoms with Gasteiger partial charge < -0.3 is 32.6 Å². The SMILES string of the molecule is N[C@@H](CCC(=O)O)C(=O)OCC[P+](c1ccccc1)(c1ccccc1)c1ccccc1.[Br-]. The second-order valence-corrected chi connectivity index (χ2v) is 10.9. The molecule has 3 N–H and O–H groups in total. The molecule has 168 valence electrons. The zero-order valence-electron chi connectivity index (χ0n) is 17.6. The number of ether oxygens (including phenoxy) is 1. The van der Waals surface area contributed by atoms with Gasteiger partial charge in [-0.15, -0.1) is 0 Å². The fraction of sp³-hybridized carbons (Fsp3) is 0.200. The van der Waals surface area contributed by atoms with E-state index in [-0.39, 0.29) is 36.4 Å². The number of carbonyl (C=O) groups is 2.